The number of nitrogen functional groups attached to an aromatic ring is 1. The van der Waals surface area contributed by atoms with E-state index >= 15 is 0 Å². The van der Waals surface area contributed by atoms with Crippen LogP contribution in [0.2, 0.25) is 0 Å². The van der Waals surface area contributed by atoms with E-state index in [4.69, 9.17) is 11.1 Å². The number of hydrogen-bond acceptors (Lipinski definition) is 3. The molecule has 0 aliphatic rings. The van der Waals surface area contributed by atoms with Gasteiger partial charge in [-0.2, -0.15) is 0 Å². The van der Waals surface area contributed by atoms with E-state index in [0.717, 1.165) is 0 Å². The summed E-state index contributed by atoms with van der Waals surface area (Å²) in [5.74, 6) is -0.110. The van der Waals surface area contributed by atoms with Gasteiger partial charge in [-0.25, -0.2) is 8.42 Å². The van der Waals surface area contributed by atoms with E-state index in [2.05, 4.69) is 4.72 Å². The molecule has 0 saturated heterocycles. The molecule has 0 heterocycles. The molecule has 6 heteroatoms. The quantitative estimate of drug-likeness (QED) is 0.586. The number of nitrogens with two attached hydrogens (primary N) is 1. The Morgan fingerprint density at radius 1 is 1.05 bits per heavy atom. The van der Waals surface area contributed by atoms with Crippen molar-refractivity contribution in [1.82, 2.24) is 0 Å². The van der Waals surface area contributed by atoms with Crippen LogP contribution in [0.4, 0.5) is 5.69 Å². The summed E-state index contributed by atoms with van der Waals surface area (Å²) in [6, 6.07) is 14.5. The number of amidine groups is 1. The van der Waals surface area contributed by atoms with Gasteiger partial charge in [-0.05, 0) is 24.3 Å². The van der Waals surface area contributed by atoms with Crippen molar-refractivity contribution in [1.29, 1.82) is 5.41 Å². The first-order valence-corrected chi connectivity index (χ1v) is 7.00. The van der Waals surface area contributed by atoms with Crippen molar-refractivity contribution >= 4 is 21.5 Å². The van der Waals surface area contributed by atoms with Crippen molar-refractivity contribution in [2.45, 2.75) is 4.90 Å². The van der Waals surface area contributed by atoms with Crippen LogP contribution in [0.3, 0.4) is 0 Å². The van der Waals surface area contributed by atoms with Crippen LogP contribution in [-0.4, -0.2) is 14.3 Å². The summed E-state index contributed by atoms with van der Waals surface area (Å²) in [7, 11) is -3.62. The molecule has 0 radical (unpaired) electrons. The third-order valence-electron chi connectivity index (χ3n) is 2.48. The fourth-order valence-electron chi connectivity index (χ4n) is 1.56. The molecule has 0 spiro atoms. The molecule has 0 aliphatic heterocycles. The van der Waals surface area contributed by atoms with Crippen LogP contribution in [0.25, 0.3) is 0 Å². The molecule has 0 fully saturated rings. The van der Waals surface area contributed by atoms with Crippen molar-refractivity contribution in [2.24, 2.45) is 5.73 Å². The SMILES string of the molecule is N=C(N)c1cccc(NS(=O)(=O)c2ccccc2)c1. The van der Waals surface area contributed by atoms with Gasteiger partial charge >= 0.3 is 0 Å². The average molecular weight is 275 g/mol. The van der Waals surface area contributed by atoms with Gasteiger partial charge in [-0.15, -0.1) is 0 Å². The van der Waals surface area contributed by atoms with E-state index in [1.54, 1.807) is 36.4 Å². The van der Waals surface area contributed by atoms with E-state index in [1.807, 2.05) is 0 Å². The molecule has 0 saturated carbocycles. The van der Waals surface area contributed by atoms with Crippen LogP contribution >= 0.6 is 0 Å². The highest BCUT2D eigenvalue weighted by Gasteiger charge is 2.13. The molecule has 0 atom stereocenters. The molecule has 2 rings (SSSR count). The maximum Gasteiger partial charge on any atom is 0.261 e. The first-order chi connectivity index (χ1) is 8.99. The van der Waals surface area contributed by atoms with Gasteiger partial charge in [-0.1, -0.05) is 30.3 Å². The van der Waals surface area contributed by atoms with Gasteiger partial charge in [0.25, 0.3) is 10.0 Å². The molecule has 4 N–H and O–H groups in total. The fraction of sp³-hybridized carbons (Fsp3) is 0. The number of anilines is 1. The Hall–Kier alpha value is -2.34. The minimum Gasteiger partial charge on any atom is -0.384 e. The summed E-state index contributed by atoms with van der Waals surface area (Å²) in [6.45, 7) is 0. The van der Waals surface area contributed by atoms with Crippen molar-refractivity contribution in [3.8, 4) is 0 Å². The topological polar surface area (TPSA) is 96.0 Å². The van der Waals surface area contributed by atoms with Crippen LogP contribution in [0.15, 0.2) is 59.5 Å². The second-order valence-corrected chi connectivity index (χ2v) is 5.60. The lowest BCUT2D eigenvalue weighted by atomic mass is 10.2. The minimum absolute atomic E-state index is 0.110. The molecule has 2 aromatic rings. The molecule has 0 unspecified atom stereocenters. The lowest BCUT2D eigenvalue weighted by Gasteiger charge is -2.09. The van der Waals surface area contributed by atoms with Crippen molar-refractivity contribution in [3.63, 3.8) is 0 Å². The highest BCUT2D eigenvalue weighted by atomic mass is 32.2. The molecule has 19 heavy (non-hydrogen) atoms. The summed E-state index contributed by atoms with van der Waals surface area (Å²) in [5, 5.41) is 7.33. The van der Waals surface area contributed by atoms with E-state index in [-0.39, 0.29) is 10.7 Å². The molecular formula is C13H13N3O2S. The smallest absolute Gasteiger partial charge is 0.261 e. The van der Waals surface area contributed by atoms with Gasteiger partial charge in [0, 0.05) is 11.3 Å². The Kier molecular flexibility index (Phi) is 3.52. The van der Waals surface area contributed by atoms with E-state index in [9.17, 15) is 8.42 Å². The molecule has 98 valence electrons. The van der Waals surface area contributed by atoms with Gasteiger partial charge in [0.1, 0.15) is 5.84 Å². The summed E-state index contributed by atoms with van der Waals surface area (Å²) >= 11 is 0. The largest absolute Gasteiger partial charge is 0.384 e. The lowest BCUT2D eigenvalue weighted by molar-refractivity contribution is 0.601. The molecule has 0 bridgehead atoms. The second kappa shape index (κ2) is 5.11. The zero-order chi connectivity index (χ0) is 13.9. The van der Waals surface area contributed by atoms with E-state index in [1.165, 1.54) is 18.2 Å². The van der Waals surface area contributed by atoms with Gasteiger partial charge in [0.2, 0.25) is 0 Å². The van der Waals surface area contributed by atoms with Crippen LogP contribution in [0, 0.1) is 5.41 Å². The third kappa shape index (κ3) is 3.11. The lowest BCUT2D eigenvalue weighted by Crippen LogP contribution is -2.15. The maximum absolute atomic E-state index is 12.1. The molecular weight excluding hydrogens is 262 g/mol. The summed E-state index contributed by atoms with van der Waals surface area (Å²) in [6.07, 6.45) is 0. The third-order valence-corrected chi connectivity index (χ3v) is 3.88. The summed E-state index contributed by atoms with van der Waals surface area (Å²) in [4.78, 5) is 0.184. The Morgan fingerprint density at radius 2 is 1.74 bits per heavy atom. The summed E-state index contributed by atoms with van der Waals surface area (Å²) < 4.78 is 26.6. The van der Waals surface area contributed by atoms with E-state index in [0.29, 0.717) is 11.3 Å². The van der Waals surface area contributed by atoms with Crippen LogP contribution in [0.1, 0.15) is 5.56 Å². The molecule has 5 nitrogen and oxygen atoms in total. The van der Waals surface area contributed by atoms with Gasteiger partial charge in [0.15, 0.2) is 0 Å². The van der Waals surface area contributed by atoms with Gasteiger partial charge in [0.05, 0.1) is 4.90 Å². The van der Waals surface area contributed by atoms with Crippen molar-refractivity contribution < 1.29 is 8.42 Å². The Labute approximate surface area is 111 Å². The van der Waals surface area contributed by atoms with Crippen molar-refractivity contribution in [2.75, 3.05) is 4.72 Å². The predicted molar refractivity (Wildman–Crippen MR) is 74.7 cm³/mol. The number of nitrogens with one attached hydrogen (secondary N) is 2. The number of hydrogen-bond donors (Lipinski definition) is 3. The first kappa shape index (κ1) is 13.1. The average Bonchev–Trinajstić information content (AvgIpc) is 2.39. The number of sulfonamides is 1. The zero-order valence-electron chi connectivity index (χ0n) is 10.00. The Bertz CT molecular complexity index is 697. The summed E-state index contributed by atoms with van der Waals surface area (Å²) in [5.41, 5.74) is 6.20. The predicted octanol–water partition coefficient (Wildman–Crippen LogP) is 1.77. The minimum atomic E-state index is -3.62. The highest BCUT2D eigenvalue weighted by molar-refractivity contribution is 7.92. The number of benzene rings is 2. The van der Waals surface area contributed by atoms with Crippen LogP contribution in [0.5, 0.6) is 0 Å². The normalized spacial score (nSPS) is 10.9. The molecule has 0 amide bonds. The molecule has 0 aliphatic carbocycles. The molecule has 0 aromatic heterocycles. The van der Waals surface area contributed by atoms with Crippen LogP contribution in [-0.2, 0) is 10.0 Å². The van der Waals surface area contributed by atoms with Gasteiger partial charge in [-0.3, -0.25) is 10.1 Å². The Balaban J connectivity index is 2.31. The first-order valence-electron chi connectivity index (χ1n) is 5.51. The van der Waals surface area contributed by atoms with Crippen LogP contribution < -0.4 is 10.5 Å². The fourth-order valence-corrected chi connectivity index (χ4v) is 2.63. The standard InChI is InChI=1S/C13H13N3O2S/c14-13(15)10-5-4-6-11(9-10)16-19(17,18)12-7-2-1-3-8-12/h1-9,16H,(H3,14,15). The van der Waals surface area contributed by atoms with Crippen molar-refractivity contribution in [3.05, 3.63) is 60.2 Å². The maximum atomic E-state index is 12.1. The molecule has 2 aromatic carbocycles. The zero-order valence-corrected chi connectivity index (χ0v) is 10.8. The van der Waals surface area contributed by atoms with Gasteiger partial charge < -0.3 is 5.73 Å². The number of rotatable bonds is 4. The highest BCUT2D eigenvalue weighted by Crippen LogP contribution is 2.16. The second-order valence-electron chi connectivity index (χ2n) is 3.91. The monoisotopic (exact) mass is 275 g/mol. The Morgan fingerprint density at radius 3 is 2.37 bits per heavy atom. The van der Waals surface area contributed by atoms with E-state index < -0.39 is 10.0 Å².